The smallest absolute Gasteiger partial charge is 0.253 e. The lowest BCUT2D eigenvalue weighted by Gasteiger charge is -2.36. The van der Waals surface area contributed by atoms with Crippen LogP contribution in [0, 0.1) is 6.92 Å². The van der Waals surface area contributed by atoms with Gasteiger partial charge in [-0.3, -0.25) is 9.69 Å². The number of hydrogen-bond donors (Lipinski definition) is 2. The number of aromatic nitrogens is 1. The lowest BCUT2D eigenvalue weighted by atomic mass is 10.1. The van der Waals surface area contributed by atoms with Crippen molar-refractivity contribution in [3.05, 3.63) is 69.8 Å². The zero-order valence-electron chi connectivity index (χ0n) is 20.8. The SMILES string of the molecule is CC.COc1ccc(-c2cc(C(=O)NCCN3CCN(c4cccc(Cl)c4Cl)CC3)c(C)[nH]2)cc1. The van der Waals surface area contributed by atoms with Crippen molar-refractivity contribution in [3.8, 4) is 17.0 Å². The molecule has 0 radical (unpaired) electrons. The molecule has 0 bridgehead atoms. The standard InChI is InChI=1S/C25H28Cl2N4O2.C2H6/c1-17-20(16-22(29-17)18-6-8-19(33-2)9-7-18)25(32)28-10-11-30-12-14-31(15-13-30)23-5-3-4-21(26)24(23)27;1-2/h3-9,16,29H,10-15H2,1-2H3,(H,28,32);1-2H3. The van der Waals surface area contributed by atoms with Crippen molar-refractivity contribution in [1.82, 2.24) is 15.2 Å². The van der Waals surface area contributed by atoms with Crippen LogP contribution in [0.2, 0.25) is 10.0 Å². The van der Waals surface area contributed by atoms with Crippen LogP contribution in [0.5, 0.6) is 5.75 Å². The zero-order chi connectivity index (χ0) is 25.4. The molecule has 1 fully saturated rings. The number of carbonyl (C=O) groups is 1. The first-order valence-electron chi connectivity index (χ1n) is 12.0. The second kappa shape index (κ2) is 12.9. The van der Waals surface area contributed by atoms with Crippen LogP contribution in [0.25, 0.3) is 11.3 Å². The van der Waals surface area contributed by atoms with Gasteiger partial charge in [-0.25, -0.2) is 0 Å². The monoisotopic (exact) mass is 516 g/mol. The van der Waals surface area contributed by atoms with E-state index in [9.17, 15) is 4.79 Å². The Hall–Kier alpha value is -2.67. The number of aromatic amines is 1. The second-order valence-corrected chi connectivity index (χ2v) is 8.89. The minimum atomic E-state index is -0.0622. The normalized spacial score (nSPS) is 13.7. The highest BCUT2D eigenvalue weighted by atomic mass is 35.5. The molecule has 1 saturated heterocycles. The molecule has 0 spiro atoms. The number of aryl methyl sites for hydroxylation is 1. The number of benzene rings is 2. The summed E-state index contributed by atoms with van der Waals surface area (Å²) in [5.41, 5.74) is 4.42. The summed E-state index contributed by atoms with van der Waals surface area (Å²) in [6.07, 6.45) is 0. The number of nitrogens with one attached hydrogen (secondary N) is 2. The first-order valence-corrected chi connectivity index (χ1v) is 12.8. The van der Waals surface area contributed by atoms with Crippen LogP contribution in [-0.4, -0.2) is 62.2 Å². The second-order valence-electron chi connectivity index (χ2n) is 8.11. The summed E-state index contributed by atoms with van der Waals surface area (Å²) < 4.78 is 5.21. The first-order chi connectivity index (χ1) is 17.0. The van der Waals surface area contributed by atoms with Gasteiger partial charge in [-0.15, -0.1) is 0 Å². The average Bonchev–Trinajstić information content (AvgIpc) is 3.29. The number of ether oxygens (including phenoxy) is 1. The lowest BCUT2D eigenvalue weighted by Crippen LogP contribution is -2.48. The van der Waals surface area contributed by atoms with Crippen molar-refractivity contribution in [2.45, 2.75) is 20.8 Å². The predicted molar refractivity (Wildman–Crippen MR) is 146 cm³/mol. The van der Waals surface area contributed by atoms with Crippen molar-refractivity contribution < 1.29 is 9.53 Å². The first kappa shape index (κ1) is 26.9. The molecule has 188 valence electrons. The fraction of sp³-hybridized carbons (Fsp3) is 0.370. The van der Waals surface area contributed by atoms with E-state index in [-0.39, 0.29) is 5.91 Å². The number of methoxy groups -OCH3 is 1. The third-order valence-corrected chi connectivity index (χ3v) is 6.83. The average molecular weight is 518 g/mol. The Labute approximate surface area is 218 Å². The fourth-order valence-corrected chi connectivity index (χ4v) is 4.51. The maximum Gasteiger partial charge on any atom is 0.253 e. The van der Waals surface area contributed by atoms with E-state index in [4.69, 9.17) is 27.9 Å². The van der Waals surface area contributed by atoms with Crippen LogP contribution in [-0.2, 0) is 0 Å². The van der Waals surface area contributed by atoms with Gasteiger partial charge < -0.3 is 19.9 Å². The van der Waals surface area contributed by atoms with Crippen molar-refractivity contribution in [1.29, 1.82) is 0 Å². The zero-order valence-corrected chi connectivity index (χ0v) is 22.3. The summed E-state index contributed by atoms with van der Waals surface area (Å²) in [4.78, 5) is 20.7. The van der Waals surface area contributed by atoms with Gasteiger partial charge in [0.1, 0.15) is 5.75 Å². The topological polar surface area (TPSA) is 60.6 Å². The quantitative estimate of drug-likeness (QED) is 0.411. The van der Waals surface area contributed by atoms with Gasteiger partial charge in [0.25, 0.3) is 5.91 Å². The van der Waals surface area contributed by atoms with Gasteiger partial charge in [0, 0.05) is 50.7 Å². The Bertz CT molecular complexity index is 1110. The van der Waals surface area contributed by atoms with Crippen molar-refractivity contribution in [2.75, 3.05) is 51.3 Å². The van der Waals surface area contributed by atoms with Gasteiger partial charge in [0.15, 0.2) is 0 Å². The summed E-state index contributed by atoms with van der Waals surface area (Å²) in [6.45, 7) is 10.9. The summed E-state index contributed by atoms with van der Waals surface area (Å²) in [5, 5.41) is 4.24. The van der Waals surface area contributed by atoms with Crippen molar-refractivity contribution in [2.24, 2.45) is 0 Å². The number of rotatable bonds is 7. The number of halogens is 2. The molecule has 8 heteroatoms. The van der Waals surface area contributed by atoms with Crippen molar-refractivity contribution in [3.63, 3.8) is 0 Å². The van der Waals surface area contributed by atoms with Crippen molar-refractivity contribution >= 4 is 34.8 Å². The number of anilines is 1. The van der Waals surface area contributed by atoms with E-state index in [2.05, 4.69) is 20.1 Å². The Morgan fingerprint density at radius 3 is 2.40 bits per heavy atom. The third-order valence-electron chi connectivity index (χ3n) is 6.02. The highest BCUT2D eigenvalue weighted by Gasteiger charge is 2.20. The van der Waals surface area contributed by atoms with E-state index >= 15 is 0 Å². The summed E-state index contributed by atoms with van der Waals surface area (Å²) in [5.74, 6) is 0.740. The van der Waals surface area contributed by atoms with Gasteiger partial charge in [0.2, 0.25) is 0 Å². The molecule has 2 aromatic carbocycles. The molecule has 1 aliphatic rings. The fourth-order valence-electron chi connectivity index (χ4n) is 4.09. The molecular weight excluding hydrogens is 483 g/mol. The minimum absolute atomic E-state index is 0.0622. The molecule has 1 aliphatic heterocycles. The summed E-state index contributed by atoms with van der Waals surface area (Å²) in [6, 6.07) is 15.4. The van der Waals surface area contributed by atoms with Gasteiger partial charge >= 0.3 is 0 Å². The van der Waals surface area contributed by atoms with E-state index < -0.39 is 0 Å². The number of carbonyl (C=O) groups excluding carboxylic acids is 1. The van der Waals surface area contributed by atoms with E-state index in [1.165, 1.54) is 0 Å². The van der Waals surface area contributed by atoms with E-state index in [1.54, 1.807) is 13.2 Å². The number of piperazine rings is 1. The van der Waals surface area contributed by atoms with E-state index in [0.717, 1.165) is 61.1 Å². The summed E-state index contributed by atoms with van der Waals surface area (Å²) in [7, 11) is 1.64. The molecule has 2 heterocycles. The Morgan fingerprint density at radius 1 is 1.06 bits per heavy atom. The number of hydrogen-bond acceptors (Lipinski definition) is 4. The molecule has 4 rings (SSSR count). The maximum absolute atomic E-state index is 12.8. The Kier molecular flexibility index (Phi) is 9.90. The predicted octanol–water partition coefficient (Wildman–Crippen LogP) is 5.88. The van der Waals surface area contributed by atoms with Gasteiger partial charge in [-0.1, -0.05) is 43.1 Å². The largest absolute Gasteiger partial charge is 0.497 e. The molecule has 6 nitrogen and oxygen atoms in total. The molecule has 0 unspecified atom stereocenters. The highest BCUT2D eigenvalue weighted by Crippen LogP contribution is 2.32. The number of nitrogens with zero attached hydrogens (tertiary/aromatic N) is 2. The third kappa shape index (κ3) is 6.72. The van der Waals surface area contributed by atoms with Crippen LogP contribution in [0.4, 0.5) is 5.69 Å². The van der Waals surface area contributed by atoms with Gasteiger partial charge in [-0.2, -0.15) is 0 Å². The maximum atomic E-state index is 12.8. The van der Waals surface area contributed by atoms with Crippen LogP contribution in [0.3, 0.4) is 0 Å². The molecule has 1 amide bonds. The van der Waals surface area contributed by atoms with Crippen LogP contribution in [0.1, 0.15) is 29.9 Å². The molecule has 35 heavy (non-hydrogen) atoms. The minimum Gasteiger partial charge on any atom is -0.497 e. The van der Waals surface area contributed by atoms with Crippen LogP contribution < -0.4 is 15.0 Å². The molecule has 0 saturated carbocycles. The Balaban J connectivity index is 0.00000167. The molecule has 2 N–H and O–H groups in total. The molecule has 0 atom stereocenters. The van der Waals surface area contributed by atoms with Crippen LogP contribution >= 0.6 is 23.2 Å². The molecular formula is C27H34Cl2N4O2. The lowest BCUT2D eigenvalue weighted by molar-refractivity contribution is 0.0947. The molecule has 0 aliphatic carbocycles. The Morgan fingerprint density at radius 2 is 1.74 bits per heavy atom. The molecule has 1 aromatic heterocycles. The number of amides is 1. The molecule has 3 aromatic rings. The highest BCUT2D eigenvalue weighted by molar-refractivity contribution is 6.43. The number of H-pyrrole nitrogens is 1. The van der Waals surface area contributed by atoms with Gasteiger partial charge in [-0.05, 0) is 55.0 Å². The summed E-state index contributed by atoms with van der Waals surface area (Å²) >= 11 is 12.5. The van der Waals surface area contributed by atoms with Gasteiger partial charge in [0.05, 0.1) is 28.4 Å². The van der Waals surface area contributed by atoms with E-state index in [0.29, 0.717) is 22.2 Å². The van der Waals surface area contributed by atoms with E-state index in [1.807, 2.05) is 63.2 Å². The van der Waals surface area contributed by atoms with Crippen LogP contribution in [0.15, 0.2) is 48.5 Å².